The fraction of sp³-hybridized carbons (Fsp3) is 0.500. The van der Waals surface area contributed by atoms with Crippen molar-refractivity contribution in [3.05, 3.63) is 35.6 Å². The van der Waals surface area contributed by atoms with Crippen LogP contribution in [0.5, 0.6) is 0 Å². The van der Waals surface area contributed by atoms with Gasteiger partial charge in [-0.15, -0.1) is 0 Å². The predicted molar refractivity (Wildman–Crippen MR) is 89.1 cm³/mol. The van der Waals surface area contributed by atoms with Gasteiger partial charge >= 0.3 is 11.9 Å². The summed E-state index contributed by atoms with van der Waals surface area (Å²) in [4.78, 5) is 35.6. The van der Waals surface area contributed by atoms with Crippen LogP contribution in [0, 0.1) is 5.82 Å². The first-order valence-corrected chi connectivity index (χ1v) is 7.94. The Balaban J connectivity index is 2.62. The van der Waals surface area contributed by atoms with Gasteiger partial charge in [-0.1, -0.05) is 12.1 Å². The number of nitrogens with one attached hydrogen (secondary N) is 1. The Bertz CT molecular complexity index is 624. The van der Waals surface area contributed by atoms with E-state index in [0.717, 1.165) is 0 Å². The average molecular weight is 353 g/mol. The Morgan fingerprint density at radius 2 is 1.92 bits per heavy atom. The van der Waals surface area contributed by atoms with Crippen LogP contribution in [-0.4, -0.2) is 36.6 Å². The van der Waals surface area contributed by atoms with Crippen molar-refractivity contribution < 1.29 is 28.2 Å². The summed E-state index contributed by atoms with van der Waals surface area (Å²) < 4.78 is 23.0. The molecule has 0 radical (unpaired) electrons. The number of carbonyl (C=O) groups excluding carboxylic acids is 3. The molecule has 0 saturated carbocycles. The molecule has 1 amide bonds. The molecule has 0 aliphatic rings. The second kappa shape index (κ2) is 9.15. The Kier molecular flexibility index (Phi) is 7.54. The second-order valence-electron chi connectivity index (χ2n) is 6.58. The monoisotopic (exact) mass is 353 g/mol. The highest BCUT2D eigenvalue weighted by molar-refractivity contribution is 5.86. The van der Waals surface area contributed by atoms with Gasteiger partial charge in [0.05, 0.1) is 13.5 Å². The molecule has 0 aliphatic heterocycles. The fourth-order valence-electron chi connectivity index (χ4n) is 2.12. The molecule has 6 nitrogen and oxygen atoms in total. The van der Waals surface area contributed by atoms with Crippen LogP contribution >= 0.6 is 0 Å². The number of methoxy groups -OCH3 is 1. The van der Waals surface area contributed by atoms with Crippen molar-refractivity contribution in [3.8, 4) is 0 Å². The number of benzene rings is 1. The van der Waals surface area contributed by atoms with Gasteiger partial charge in [0.2, 0.25) is 5.91 Å². The molecule has 0 aliphatic carbocycles. The molecule has 138 valence electrons. The minimum absolute atomic E-state index is 0.0444. The van der Waals surface area contributed by atoms with E-state index < -0.39 is 35.3 Å². The van der Waals surface area contributed by atoms with Crippen LogP contribution in [0.4, 0.5) is 4.39 Å². The highest BCUT2D eigenvalue weighted by Crippen LogP contribution is 2.11. The molecule has 0 bridgehead atoms. The molecular weight excluding hydrogens is 329 g/mol. The lowest BCUT2D eigenvalue weighted by molar-refractivity contribution is -0.155. The summed E-state index contributed by atoms with van der Waals surface area (Å²) in [6.07, 6.45) is -0.0779. The number of hydrogen-bond donors (Lipinski definition) is 1. The van der Waals surface area contributed by atoms with E-state index in [4.69, 9.17) is 4.74 Å². The van der Waals surface area contributed by atoms with Gasteiger partial charge in [0.25, 0.3) is 0 Å². The van der Waals surface area contributed by atoms with Crippen LogP contribution in [0.2, 0.25) is 0 Å². The van der Waals surface area contributed by atoms with Crippen LogP contribution < -0.4 is 5.32 Å². The first-order chi connectivity index (χ1) is 11.6. The van der Waals surface area contributed by atoms with Crippen molar-refractivity contribution in [2.45, 2.75) is 51.7 Å². The van der Waals surface area contributed by atoms with E-state index in [-0.39, 0.29) is 19.3 Å². The molecule has 7 heteroatoms. The van der Waals surface area contributed by atoms with E-state index in [1.54, 1.807) is 26.8 Å². The van der Waals surface area contributed by atoms with Crippen molar-refractivity contribution in [3.63, 3.8) is 0 Å². The first kappa shape index (κ1) is 20.6. The van der Waals surface area contributed by atoms with E-state index in [0.29, 0.717) is 5.56 Å². The van der Waals surface area contributed by atoms with Gasteiger partial charge in [-0.2, -0.15) is 0 Å². The van der Waals surface area contributed by atoms with Gasteiger partial charge in [0.15, 0.2) is 0 Å². The number of esters is 2. The molecule has 0 aromatic heterocycles. The van der Waals surface area contributed by atoms with E-state index in [2.05, 4.69) is 10.1 Å². The minimum Gasteiger partial charge on any atom is -0.467 e. The smallest absolute Gasteiger partial charge is 0.328 e. The third-order valence-electron chi connectivity index (χ3n) is 3.13. The van der Waals surface area contributed by atoms with Gasteiger partial charge in [0, 0.05) is 6.42 Å². The van der Waals surface area contributed by atoms with E-state index in [1.165, 1.54) is 25.3 Å². The Morgan fingerprint density at radius 3 is 2.48 bits per heavy atom. The lowest BCUT2D eigenvalue weighted by Gasteiger charge is -2.21. The second-order valence-corrected chi connectivity index (χ2v) is 6.58. The normalized spacial score (nSPS) is 12.2. The van der Waals surface area contributed by atoms with Crippen molar-refractivity contribution in [1.82, 2.24) is 5.32 Å². The Hall–Kier alpha value is -2.44. The summed E-state index contributed by atoms with van der Waals surface area (Å²) >= 11 is 0. The zero-order valence-electron chi connectivity index (χ0n) is 14.9. The lowest BCUT2D eigenvalue weighted by atomic mass is 10.1. The number of ether oxygens (including phenoxy) is 2. The van der Waals surface area contributed by atoms with Crippen LogP contribution in [0.1, 0.15) is 39.2 Å². The largest absolute Gasteiger partial charge is 0.467 e. The van der Waals surface area contributed by atoms with Crippen molar-refractivity contribution in [1.29, 1.82) is 0 Å². The van der Waals surface area contributed by atoms with Crippen molar-refractivity contribution >= 4 is 17.8 Å². The summed E-state index contributed by atoms with van der Waals surface area (Å²) in [5.41, 5.74) is -0.147. The third kappa shape index (κ3) is 8.28. The maximum Gasteiger partial charge on any atom is 0.328 e. The molecule has 0 fully saturated rings. The summed E-state index contributed by atoms with van der Waals surface area (Å²) in [7, 11) is 1.20. The summed E-state index contributed by atoms with van der Waals surface area (Å²) in [5.74, 6) is -2.04. The average Bonchev–Trinajstić information content (AvgIpc) is 2.48. The molecule has 1 aromatic carbocycles. The van der Waals surface area contributed by atoms with E-state index in [9.17, 15) is 18.8 Å². The third-order valence-corrected chi connectivity index (χ3v) is 3.13. The number of halogens is 1. The van der Waals surface area contributed by atoms with E-state index >= 15 is 0 Å². The predicted octanol–water partition coefficient (Wildman–Crippen LogP) is 2.15. The van der Waals surface area contributed by atoms with Gasteiger partial charge in [-0.05, 0) is 44.9 Å². The molecule has 1 aromatic rings. The summed E-state index contributed by atoms with van der Waals surface area (Å²) in [6.45, 7) is 5.22. The zero-order valence-corrected chi connectivity index (χ0v) is 14.9. The molecule has 0 spiro atoms. The lowest BCUT2D eigenvalue weighted by Crippen LogP contribution is -2.42. The standard InChI is InChI=1S/C18H24FNO5/c1-18(2,3)25-16(22)9-8-14(17(23)24-4)20-15(21)11-12-6-5-7-13(19)10-12/h5-7,10,14H,8-9,11H2,1-4H3,(H,20,21)/t14-/m0/s1. The maximum absolute atomic E-state index is 13.2. The van der Waals surface area contributed by atoms with Gasteiger partial charge < -0.3 is 14.8 Å². The minimum atomic E-state index is -0.974. The van der Waals surface area contributed by atoms with Gasteiger partial charge in [-0.25, -0.2) is 9.18 Å². The molecule has 0 heterocycles. The Labute approximate surface area is 146 Å². The molecular formula is C18H24FNO5. The highest BCUT2D eigenvalue weighted by Gasteiger charge is 2.24. The first-order valence-electron chi connectivity index (χ1n) is 7.94. The fourth-order valence-corrected chi connectivity index (χ4v) is 2.12. The number of carbonyl (C=O) groups is 3. The molecule has 1 N–H and O–H groups in total. The molecule has 25 heavy (non-hydrogen) atoms. The Morgan fingerprint density at radius 1 is 1.24 bits per heavy atom. The molecule has 0 saturated heterocycles. The van der Waals surface area contributed by atoms with Gasteiger partial charge in [-0.3, -0.25) is 9.59 Å². The van der Waals surface area contributed by atoms with Crippen molar-refractivity contribution in [2.24, 2.45) is 0 Å². The van der Waals surface area contributed by atoms with Crippen molar-refractivity contribution in [2.75, 3.05) is 7.11 Å². The van der Waals surface area contributed by atoms with Crippen LogP contribution in [-0.2, 0) is 30.3 Å². The number of hydrogen-bond acceptors (Lipinski definition) is 5. The summed E-state index contributed by atoms with van der Waals surface area (Å²) in [6, 6.07) is 4.65. The molecule has 1 atom stereocenters. The maximum atomic E-state index is 13.2. The van der Waals surface area contributed by atoms with Gasteiger partial charge in [0.1, 0.15) is 17.5 Å². The topological polar surface area (TPSA) is 81.7 Å². The molecule has 1 rings (SSSR count). The zero-order chi connectivity index (χ0) is 19.0. The SMILES string of the molecule is COC(=O)[C@H](CCC(=O)OC(C)(C)C)NC(=O)Cc1cccc(F)c1. The summed E-state index contributed by atoms with van der Waals surface area (Å²) in [5, 5.41) is 2.51. The highest BCUT2D eigenvalue weighted by atomic mass is 19.1. The quantitative estimate of drug-likeness (QED) is 0.760. The van der Waals surface area contributed by atoms with Crippen LogP contribution in [0.15, 0.2) is 24.3 Å². The van der Waals surface area contributed by atoms with E-state index in [1.807, 2.05) is 0 Å². The van der Waals surface area contributed by atoms with Crippen LogP contribution in [0.3, 0.4) is 0 Å². The number of rotatable bonds is 7. The van der Waals surface area contributed by atoms with Crippen LogP contribution in [0.25, 0.3) is 0 Å². The molecule has 0 unspecified atom stereocenters. The number of amides is 1.